The molecule has 1 aliphatic heterocycles. The van der Waals surface area contributed by atoms with Crippen LogP contribution in [0.25, 0.3) is 5.57 Å². The number of carbonyl (C=O) groups excluding carboxylic acids is 1. The van der Waals surface area contributed by atoms with Crippen LogP contribution >= 0.6 is 0 Å². The van der Waals surface area contributed by atoms with Gasteiger partial charge >= 0.3 is 5.97 Å². The number of hydrogen-bond acceptors (Lipinski definition) is 2. The third-order valence-electron chi connectivity index (χ3n) is 2.42. The van der Waals surface area contributed by atoms with Gasteiger partial charge in [0.2, 0.25) is 0 Å². The minimum Gasteiger partial charge on any atom is -0.458 e. The summed E-state index contributed by atoms with van der Waals surface area (Å²) in [4.78, 5) is 11.5. The number of rotatable bonds is 2. The third kappa shape index (κ3) is 1.43. The molecule has 0 atom stereocenters. The number of esters is 1. The van der Waals surface area contributed by atoms with E-state index in [4.69, 9.17) is 4.74 Å². The van der Waals surface area contributed by atoms with E-state index in [2.05, 4.69) is 0 Å². The molecule has 0 saturated heterocycles. The van der Waals surface area contributed by atoms with Gasteiger partial charge in [-0.25, -0.2) is 4.79 Å². The van der Waals surface area contributed by atoms with Crippen molar-refractivity contribution in [2.24, 2.45) is 0 Å². The van der Waals surface area contributed by atoms with Crippen molar-refractivity contribution in [3.63, 3.8) is 0 Å². The lowest BCUT2D eigenvalue weighted by atomic mass is 10.0. The van der Waals surface area contributed by atoms with Crippen molar-refractivity contribution in [3.05, 3.63) is 41.5 Å². The molecule has 2 nitrogen and oxygen atoms in total. The normalized spacial score (nSPS) is 15.9. The first-order valence-electron chi connectivity index (χ1n) is 4.77. The second kappa shape index (κ2) is 3.66. The second-order valence-electron chi connectivity index (χ2n) is 3.27. The summed E-state index contributed by atoms with van der Waals surface area (Å²) in [5.74, 6) is -0.187. The van der Waals surface area contributed by atoms with Gasteiger partial charge in [0, 0.05) is 0 Å². The van der Waals surface area contributed by atoms with Gasteiger partial charge in [0.15, 0.2) is 0 Å². The molecule has 0 N–H and O–H groups in total. The molecule has 1 aromatic carbocycles. The molecule has 1 heterocycles. The molecule has 1 aliphatic rings. The summed E-state index contributed by atoms with van der Waals surface area (Å²) in [5.41, 5.74) is 2.82. The standard InChI is InChI=1S/C12H12O2/c1-2-9-8-14-12(13)11(9)10-6-4-3-5-7-10/h3-7H,2,8H2,1H3. The predicted molar refractivity (Wildman–Crippen MR) is 54.6 cm³/mol. The summed E-state index contributed by atoms with van der Waals surface area (Å²) >= 11 is 0. The quantitative estimate of drug-likeness (QED) is 0.666. The fourth-order valence-corrected chi connectivity index (χ4v) is 1.65. The molecular formula is C12H12O2. The molecule has 2 heteroatoms. The monoisotopic (exact) mass is 188 g/mol. The Kier molecular flexibility index (Phi) is 2.35. The Hall–Kier alpha value is -1.57. The Morgan fingerprint density at radius 2 is 2.00 bits per heavy atom. The van der Waals surface area contributed by atoms with E-state index >= 15 is 0 Å². The Morgan fingerprint density at radius 3 is 2.64 bits per heavy atom. The van der Waals surface area contributed by atoms with E-state index in [0.717, 1.165) is 23.1 Å². The maximum Gasteiger partial charge on any atom is 0.339 e. The van der Waals surface area contributed by atoms with Gasteiger partial charge in [0.25, 0.3) is 0 Å². The molecule has 0 fully saturated rings. The average molecular weight is 188 g/mol. The molecule has 2 rings (SSSR count). The fourth-order valence-electron chi connectivity index (χ4n) is 1.65. The molecule has 14 heavy (non-hydrogen) atoms. The van der Waals surface area contributed by atoms with Crippen molar-refractivity contribution in [1.29, 1.82) is 0 Å². The molecule has 0 unspecified atom stereocenters. The van der Waals surface area contributed by atoms with Crippen molar-refractivity contribution in [1.82, 2.24) is 0 Å². The minimum atomic E-state index is -0.187. The van der Waals surface area contributed by atoms with E-state index in [-0.39, 0.29) is 5.97 Å². The summed E-state index contributed by atoms with van der Waals surface area (Å²) in [6.45, 7) is 2.50. The molecule has 0 bridgehead atoms. The zero-order valence-electron chi connectivity index (χ0n) is 8.12. The maximum absolute atomic E-state index is 11.5. The van der Waals surface area contributed by atoms with E-state index in [1.165, 1.54) is 0 Å². The molecule has 0 spiro atoms. The van der Waals surface area contributed by atoms with Gasteiger partial charge in [-0.2, -0.15) is 0 Å². The number of carbonyl (C=O) groups is 1. The van der Waals surface area contributed by atoms with Crippen LogP contribution in [0.4, 0.5) is 0 Å². The molecule has 0 aliphatic carbocycles. The summed E-state index contributed by atoms with van der Waals surface area (Å²) < 4.78 is 5.01. The van der Waals surface area contributed by atoms with E-state index in [1.807, 2.05) is 37.3 Å². The summed E-state index contributed by atoms with van der Waals surface area (Å²) in [7, 11) is 0. The molecule has 72 valence electrons. The van der Waals surface area contributed by atoms with E-state index < -0.39 is 0 Å². The van der Waals surface area contributed by atoms with Gasteiger partial charge in [0.05, 0.1) is 5.57 Å². The topological polar surface area (TPSA) is 26.3 Å². The largest absolute Gasteiger partial charge is 0.458 e. The van der Waals surface area contributed by atoms with Gasteiger partial charge in [0.1, 0.15) is 6.61 Å². The maximum atomic E-state index is 11.5. The van der Waals surface area contributed by atoms with Crippen LogP contribution in [0.1, 0.15) is 18.9 Å². The Labute approximate surface area is 83.2 Å². The van der Waals surface area contributed by atoms with E-state index in [1.54, 1.807) is 0 Å². The van der Waals surface area contributed by atoms with Gasteiger partial charge < -0.3 is 4.74 Å². The van der Waals surface area contributed by atoms with Gasteiger partial charge in [-0.1, -0.05) is 37.3 Å². The van der Waals surface area contributed by atoms with Crippen molar-refractivity contribution >= 4 is 11.5 Å². The van der Waals surface area contributed by atoms with Crippen LogP contribution in [0.2, 0.25) is 0 Å². The number of benzene rings is 1. The smallest absolute Gasteiger partial charge is 0.339 e. The van der Waals surface area contributed by atoms with Crippen molar-refractivity contribution < 1.29 is 9.53 Å². The zero-order valence-corrected chi connectivity index (χ0v) is 8.12. The lowest BCUT2D eigenvalue weighted by molar-refractivity contribution is -0.134. The first kappa shape index (κ1) is 9.00. The SMILES string of the molecule is CCC1=C(c2ccccc2)C(=O)OC1. The van der Waals surface area contributed by atoms with Crippen molar-refractivity contribution in [2.45, 2.75) is 13.3 Å². The minimum absolute atomic E-state index is 0.187. The van der Waals surface area contributed by atoms with Crippen molar-refractivity contribution in [3.8, 4) is 0 Å². The van der Waals surface area contributed by atoms with Crippen LogP contribution in [0.15, 0.2) is 35.9 Å². The predicted octanol–water partition coefficient (Wildman–Crippen LogP) is 2.41. The molecule has 0 amide bonds. The average Bonchev–Trinajstić information content (AvgIpc) is 2.61. The van der Waals surface area contributed by atoms with E-state index in [0.29, 0.717) is 6.61 Å². The zero-order chi connectivity index (χ0) is 9.97. The summed E-state index contributed by atoms with van der Waals surface area (Å²) in [6, 6.07) is 9.69. The highest BCUT2D eigenvalue weighted by Crippen LogP contribution is 2.27. The highest BCUT2D eigenvalue weighted by molar-refractivity contribution is 6.19. The summed E-state index contributed by atoms with van der Waals surface area (Å²) in [5, 5.41) is 0. The van der Waals surface area contributed by atoms with Crippen molar-refractivity contribution in [2.75, 3.05) is 6.61 Å². The second-order valence-corrected chi connectivity index (χ2v) is 3.27. The molecular weight excluding hydrogens is 176 g/mol. The molecule has 0 radical (unpaired) electrons. The fraction of sp³-hybridized carbons (Fsp3) is 0.250. The Morgan fingerprint density at radius 1 is 1.29 bits per heavy atom. The Balaban J connectivity index is 2.46. The number of ether oxygens (including phenoxy) is 1. The van der Waals surface area contributed by atoms with Gasteiger partial charge in [-0.15, -0.1) is 0 Å². The summed E-state index contributed by atoms with van der Waals surface area (Å²) in [6.07, 6.45) is 0.871. The number of cyclic esters (lactones) is 1. The Bertz CT molecular complexity index is 377. The van der Waals surface area contributed by atoms with Crippen LogP contribution in [0, 0.1) is 0 Å². The lowest BCUT2D eigenvalue weighted by Gasteiger charge is -2.00. The first-order valence-corrected chi connectivity index (χ1v) is 4.77. The van der Waals surface area contributed by atoms with E-state index in [9.17, 15) is 4.79 Å². The third-order valence-corrected chi connectivity index (χ3v) is 2.42. The first-order chi connectivity index (χ1) is 6.83. The lowest BCUT2D eigenvalue weighted by Crippen LogP contribution is -1.98. The molecule has 1 aromatic rings. The molecule has 0 saturated carbocycles. The van der Waals surface area contributed by atoms with Crippen LogP contribution in [-0.2, 0) is 9.53 Å². The highest BCUT2D eigenvalue weighted by Gasteiger charge is 2.24. The van der Waals surface area contributed by atoms with Crippen LogP contribution in [0.5, 0.6) is 0 Å². The van der Waals surface area contributed by atoms with Crippen LogP contribution in [-0.4, -0.2) is 12.6 Å². The van der Waals surface area contributed by atoms with Crippen LogP contribution in [0.3, 0.4) is 0 Å². The molecule has 0 aromatic heterocycles. The number of hydrogen-bond donors (Lipinski definition) is 0. The highest BCUT2D eigenvalue weighted by atomic mass is 16.5. The van der Waals surface area contributed by atoms with Gasteiger partial charge in [-0.3, -0.25) is 0 Å². The van der Waals surface area contributed by atoms with Crippen LogP contribution < -0.4 is 0 Å². The van der Waals surface area contributed by atoms with Gasteiger partial charge in [-0.05, 0) is 17.6 Å².